The molecule has 0 saturated heterocycles. The number of ether oxygens (including phenoxy) is 1. The van der Waals surface area contributed by atoms with E-state index in [0.717, 1.165) is 11.1 Å². The number of ketones is 1. The Hall–Kier alpha value is -2.36. The van der Waals surface area contributed by atoms with Crippen LogP contribution in [0.4, 0.5) is 0 Å². The quantitative estimate of drug-likeness (QED) is 0.352. The lowest BCUT2D eigenvalue weighted by Gasteiger charge is -2.26. The predicted octanol–water partition coefficient (Wildman–Crippen LogP) is 2.08. The summed E-state index contributed by atoms with van der Waals surface area (Å²) in [5.41, 5.74) is 2.47. The topological polar surface area (TPSA) is 46.6 Å². The Morgan fingerprint density at radius 1 is 1.21 bits per heavy atom. The van der Waals surface area contributed by atoms with Crippen molar-refractivity contribution in [2.24, 2.45) is 0 Å². The molecule has 98 valence electrons. The Morgan fingerprint density at radius 3 is 2.53 bits per heavy atom. The molecule has 2 rings (SSSR count). The number of nitrogens with zero attached hydrogens (tertiary/aromatic N) is 1. The molecule has 0 saturated carbocycles. The summed E-state index contributed by atoms with van der Waals surface area (Å²) in [6, 6.07) is 7.61. The molecule has 1 heterocycles. The minimum Gasteiger partial charge on any atom is -0.465 e. The van der Waals surface area contributed by atoms with Crippen LogP contribution in [-0.4, -0.2) is 30.8 Å². The van der Waals surface area contributed by atoms with Gasteiger partial charge in [0, 0.05) is 18.8 Å². The van der Waals surface area contributed by atoms with E-state index in [0.29, 0.717) is 5.70 Å². The summed E-state index contributed by atoms with van der Waals surface area (Å²) in [6.45, 7) is 1.37. The van der Waals surface area contributed by atoms with Gasteiger partial charge in [-0.15, -0.1) is 0 Å². The second-order valence-electron chi connectivity index (χ2n) is 4.29. The van der Waals surface area contributed by atoms with Gasteiger partial charge in [0.15, 0.2) is 5.78 Å². The van der Waals surface area contributed by atoms with Crippen molar-refractivity contribution in [2.45, 2.75) is 6.92 Å². The first-order valence-electron chi connectivity index (χ1n) is 5.90. The van der Waals surface area contributed by atoms with Gasteiger partial charge in [-0.05, 0) is 18.6 Å². The fraction of sp³-hybridized carbons (Fsp3) is 0.200. The SMILES string of the molecule is COC(=O)/C(C(C)=O)=C1\c2ccccc2C=CN1C. The first-order valence-corrected chi connectivity index (χ1v) is 5.90. The van der Waals surface area contributed by atoms with Crippen molar-refractivity contribution in [3.05, 3.63) is 47.2 Å². The molecular weight excluding hydrogens is 242 g/mol. The smallest absolute Gasteiger partial charge is 0.343 e. The first-order chi connectivity index (χ1) is 9.06. The van der Waals surface area contributed by atoms with Crippen LogP contribution in [0.3, 0.4) is 0 Å². The third-order valence-electron chi connectivity index (χ3n) is 3.02. The van der Waals surface area contributed by atoms with Crippen molar-refractivity contribution >= 4 is 23.5 Å². The van der Waals surface area contributed by atoms with Crippen molar-refractivity contribution in [1.82, 2.24) is 4.90 Å². The highest BCUT2D eigenvalue weighted by Gasteiger charge is 2.26. The molecular formula is C15H15NO3. The number of benzene rings is 1. The van der Waals surface area contributed by atoms with Crippen LogP contribution >= 0.6 is 0 Å². The molecule has 0 radical (unpaired) electrons. The molecule has 19 heavy (non-hydrogen) atoms. The second kappa shape index (κ2) is 5.10. The van der Waals surface area contributed by atoms with E-state index < -0.39 is 5.97 Å². The highest BCUT2D eigenvalue weighted by Crippen LogP contribution is 2.31. The summed E-state index contributed by atoms with van der Waals surface area (Å²) in [4.78, 5) is 25.4. The van der Waals surface area contributed by atoms with E-state index in [9.17, 15) is 9.59 Å². The molecule has 4 heteroatoms. The summed E-state index contributed by atoms with van der Waals surface area (Å²) in [5.74, 6) is -0.918. The predicted molar refractivity (Wildman–Crippen MR) is 72.9 cm³/mol. The van der Waals surface area contributed by atoms with Crippen LogP contribution in [0.15, 0.2) is 36.0 Å². The Labute approximate surface area is 112 Å². The molecule has 0 atom stereocenters. The number of carbonyl (C=O) groups excluding carboxylic acids is 2. The average Bonchev–Trinajstić information content (AvgIpc) is 2.41. The van der Waals surface area contributed by atoms with E-state index >= 15 is 0 Å². The molecule has 0 fully saturated rings. The number of Topliss-reactive ketones (excluding diaryl/α,β-unsaturated/α-hetero) is 1. The van der Waals surface area contributed by atoms with E-state index in [2.05, 4.69) is 0 Å². The van der Waals surface area contributed by atoms with Gasteiger partial charge in [0.05, 0.1) is 12.8 Å². The highest BCUT2D eigenvalue weighted by molar-refractivity contribution is 6.22. The summed E-state index contributed by atoms with van der Waals surface area (Å²) in [6.07, 6.45) is 3.76. The number of esters is 1. The molecule has 0 spiro atoms. The number of carbonyl (C=O) groups is 2. The highest BCUT2D eigenvalue weighted by atomic mass is 16.5. The number of hydrogen-bond acceptors (Lipinski definition) is 4. The zero-order chi connectivity index (χ0) is 14.0. The van der Waals surface area contributed by atoms with Crippen molar-refractivity contribution in [3.8, 4) is 0 Å². The summed E-state index contributed by atoms with van der Waals surface area (Å²) < 4.78 is 4.72. The number of fused-ring (bicyclic) bond motifs is 1. The molecule has 1 aromatic carbocycles. The molecule has 0 amide bonds. The van der Waals surface area contributed by atoms with Gasteiger partial charge < -0.3 is 9.64 Å². The van der Waals surface area contributed by atoms with Crippen molar-refractivity contribution in [3.63, 3.8) is 0 Å². The second-order valence-corrected chi connectivity index (χ2v) is 4.29. The number of methoxy groups -OCH3 is 1. The van der Waals surface area contributed by atoms with Gasteiger partial charge in [-0.1, -0.05) is 24.3 Å². The summed E-state index contributed by atoms with van der Waals surface area (Å²) in [7, 11) is 3.07. The molecule has 1 aliphatic rings. The maximum atomic E-state index is 11.9. The monoisotopic (exact) mass is 257 g/mol. The van der Waals surface area contributed by atoms with Gasteiger partial charge in [-0.25, -0.2) is 4.79 Å². The molecule has 0 bridgehead atoms. The lowest BCUT2D eigenvalue weighted by atomic mass is 9.96. The summed E-state index contributed by atoms with van der Waals surface area (Å²) >= 11 is 0. The minimum atomic E-state index is -0.612. The maximum Gasteiger partial charge on any atom is 0.343 e. The Kier molecular flexibility index (Phi) is 3.51. The number of rotatable bonds is 2. The first kappa shape index (κ1) is 13.1. The zero-order valence-electron chi connectivity index (χ0n) is 11.1. The molecule has 1 aromatic rings. The van der Waals surface area contributed by atoms with Crippen LogP contribution in [0.2, 0.25) is 0 Å². The van der Waals surface area contributed by atoms with E-state index in [4.69, 9.17) is 4.74 Å². The fourth-order valence-electron chi connectivity index (χ4n) is 2.13. The number of hydrogen-bond donors (Lipinski definition) is 0. The van der Waals surface area contributed by atoms with E-state index in [-0.39, 0.29) is 11.4 Å². The molecule has 0 aromatic heterocycles. The molecule has 0 aliphatic carbocycles. The fourth-order valence-corrected chi connectivity index (χ4v) is 2.13. The van der Waals surface area contributed by atoms with E-state index in [1.807, 2.05) is 36.5 Å². The third-order valence-corrected chi connectivity index (χ3v) is 3.02. The zero-order valence-corrected chi connectivity index (χ0v) is 11.1. The van der Waals surface area contributed by atoms with Crippen LogP contribution < -0.4 is 0 Å². The molecule has 4 nitrogen and oxygen atoms in total. The molecule has 0 N–H and O–H groups in total. The van der Waals surface area contributed by atoms with Gasteiger partial charge in [0.1, 0.15) is 5.57 Å². The van der Waals surface area contributed by atoms with Crippen LogP contribution in [-0.2, 0) is 14.3 Å². The van der Waals surface area contributed by atoms with Crippen molar-refractivity contribution in [2.75, 3.05) is 14.2 Å². The Balaban J connectivity index is 2.73. The third kappa shape index (κ3) is 2.29. The van der Waals surface area contributed by atoms with Gasteiger partial charge >= 0.3 is 5.97 Å². The van der Waals surface area contributed by atoms with Crippen LogP contribution in [0.25, 0.3) is 11.8 Å². The van der Waals surface area contributed by atoms with Gasteiger partial charge in [0.2, 0.25) is 0 Å². The summed E-state index contributed by atoms with van der Waals surface area (Å²) in [5, 5.41) is 0. The van der Waals surface area contributed by atoms with Crippen molar-refractivity contribution in [1.29, 1.82) is 0 Å². The van der Waals surface area contributed by atoms with Crippen LogP contribution in [0, 0.1) is 0 Å². The van der Waals surface area contributed by atoms with Crippen LogP contribution in [0.1, 0.15) is 18.1 Å². The molecule has 1 aliphatic heterocycles. The van der Waals surface area contributed by atoms with Gasteiger partial charge in [-0.3, -0.25) is 4.79 Å². The largest absolute Gasteiger partial charge is 0.465 e. The van der Waals surface area contributed by atoms with E-state index in [1.54, 1.807) is 11.9 Å². The standard InChI is InChI=1S/C15H15NO3/c1-10(17)13(15(18)19-3)14-12-7-5-4-6-11(12)8-9-16(14)2/h4-9H,1-3H3/b14-13+. The lowest BCUT2D eigenvalue weighted by Crippen LogP contribution is -2.23. The average molecular weight is 257 g/mol. The Morgan fingerprint density at radius 2 is 1.89 bits per heavy atom. The Bertz CT molecular complexity index is 599. The van der Waals surface area contributed by atoms with Gasteiger partial charge in [0.25, 0.3) is 0 Å². The van der Waals surface area contributed by atoms with Crippen LogP contribution in [0.5, 0.6) is 0 Å². The van der Waals surface area contributed by atoms with Crippen molar-refractivity contribution < 1.29 is 14.3 Å². The maximum absolute atomic E-state index is 11.9. The molecule has 0 unspecified atom stereocenters. The van der Waals surface area contributed by atoms with E-state index in [1.165, 1.54) is 14.0 Å². The van der Waals surface area contributed by atoms with Gasteiger partial charge in [-0.2, -0.15) is 0 Å². The lowest BCUT2D eigenvalue weighted by molar-refractivity contribution is -0.137. The minimum absolute atomic E-state index is 0.0711. The normalized spacial score (nSPS) is 15.8.